The highest BCUT2D eigenvalue weighted by Crippen LogP contribution is 2.17. The zero-order valence-corrected chi connectivity index (χ0v) is 14.5. The maximum absolute atomic E-state index is 12.5. The zero-order valence-electron chi connectivity index (χ0n) is 13.7. The molecule has 3 rings (SSSR count). The molecule has 25 heavy (non-hydrogen) atoms. The van der Waals surface area contributed by atoms with Crippen LogP contribution in [0.2, 0.25) is 0 Å². The monoisotopic (exact) mass is 355 g/mol. The molecule has 2 aromatic carbocycles. The minimum atomic E-state index is -0.188. The summed E-state index contributed by atoms with van der Waals surface area (Å²) in [6.45, 7) is 0.549. The number of nitrogens with zero attached hydrogens (tertiary/aromatic N) is 1. The number of benzene rings is 2. The van der Waals surface area contributed by atoms with Crippen molar-refractivity contribution in [3.8, 4) is 5.75 Å². The van der Waals surface area contributed by atoms with Gasteiger partial charge in [-0.05, 0) is 17.7 Å². The van der Waals surface area contributed by atoms with Gasteiger partial charge in [0.15, 0.2) is 6.79 Å². The van der Waals surface area contributed by atoms with Crippen LogP contribution < -0.4 is 10.3 Å². The van der Waals surface area contributed by atoms with Crippen LogP contribution in [0, 0.1) is 0 Å². The molecule has 0 saturated heterocycles. The Balaban J connectivity index is 1.79. The van der Waals surface area contributed by atoms with Crippen molar-refractivity contribution in [1.82, 2.24) is 3.96 Å². The van der Waals surface area contributed by atoms with E-state index in [1.165, 1.54) is 17.6 Å². The first-order valence-corrected chi connectivity index (χ1v) is 8.46. The van der Waals surface area contributed by atoms with E-state index in [0.29, 0.717) is 22.7 Å². The average Bonchev–Trinajstić information content (AvgIpc) is 3.01. The predicted molar refractivity (Wildman–Crippen MR) is 96.5 cm³/mol. The Morgan fingerprint density at radius 3 is 2.64 bits per heavy atom. The van der Waals surface area contributed by atoms with Crippen LogP contribution in [0.3, 0.4) is 0 Å². The lowest BCUT2D eigenvalue weighted by atomic mass is 10.1. The Hall–Kier alpha value is -2.70. The fraction of sp³-hybridized carbons (Fsp3) is 0.158. The largest absolute Gasteiger partial charge is 0.468 e. The molecule has 0 saturated carbocycles. The van der Waals surface area contributed by atoms with Crippen molar-refractivity contribution in [3.63, 3.8) is 0 Å². The molecular weight excluding hydrogens is 338 g/mol. The molecule has 0 aliphatic carbocycles. The summed E-state index contributed by atoms with van der Waals surface area (Å²) in [6.07, 6.45) is 0. The molecule has 0 unspecified atom stereocenters. The summed E-state index contributed by atoms with van der Waals surface area (Å²) in [5.41, 5.74) is 1.30. The van der Waals surface area contributed by atoms with Crippen molar-refractivity contribution >= 4 is 17.3 Å². The number of carbonyl (C=O) groups is 1. The second-order valence-corrected chi connectivity index (χ2v) is 6.43. The molecule has 0 spiro atoms. The highest BCUT2D eigenvalue weighted by molar-refractivity contribution is 7.08. The lowest BCUT2D eigenvalue weighted by molar-refractivity contribution is 0.0511. The third-order valence-electron chi connectivity index (χ3n) is 3.54. The molecule has 0 amide bonds. The molecule has 128 valence electrons. The Bertz CT molecular complexity index is 914. The highest BCUT2D eigenvalue weighted by atomic mass is 32.1. The van der Waals surface area contributed by atoms with Crippen molar-refractivity contribution in [1.29, 1.82) is 0 Å². The number of hydrogen-bond donors (Lipinski definition) is 0. The number of ether oxygens (including phenoxy) is 2. The van der Waals surface area contributed by atoms with Crippen LogP contribution in [-0.2, 0) is 11.3 Å². The number of hydrogen-bond acceptors (Lipinski definition) is 5. The van der Waals surface area contributed by atoms with Gasteiger partial charge in [-0.25, -0.2) is 0 Å². The smallest absolute Gasteiger partial charge is 0.261 e. The number of aromatic nitrogens is 1. The standard InChI is InChI=1S/C19H17NO4S/c1-23-13-24-16-9-5-6-14(10-16)12-20-18(21)11-17(25-20)19(22)15-7-3-2-4-8-15/h2-11H,12-13H2,1H3. The summed E-state index contributed by atoms with van der Waals surface area (Å²) < 4.78 is 11.8. The topological polar surface area (TPSA) is 57.5 Å². The van der Waals surface area contributed by atoms with Crippen LogP contribution in [0.1, 0.15) is 20.8 Å². The molecule has 3 aromatic rings. The predicted octanol–water partition coefficient (Wildman–Crippen LogP) is 3.17. The highest BCUT2D eigenvalue weighted by Gasteiger charge is 2.14. The van der Waals surface area contributed by atoms with E-state index in [1.807, 2.05) is 30.3 Å². The molecule has 0 radical (unpaired) electrons. The van der Waals surface area contributed by atoms with Crippen LogP contribution in [0.4, 0.5) is 0 Å². The van der Waals surface area contributed by atoms with E-state index in [9.17, 15) is 9.59 Å². The third kappa shape index (κ3) is 4.23. The average molecular weight is 355 g/mol. The van der Waals surface area contributed by atoms with E-state index < -0.39 is 0 Å². The lowest BCUT2D eigenvalue weighted by Crippen LogP contribution is -2.12. The fourth-order valence-electron chi connectivity index (χ4n) is 2.35. The van der Waals surface area contributed by atoms with Crippen molar-refractivity contribution < 1.29 is 14.3 Å². The molecule has 1 aromatic heterocycles. The third-order valence-corrected chi connectivity index (χ3v) is 4.57. The molecule has 5 nitrogen and oxygen atoms in total. The Kier molecular flexibility index (Phi) is 5.42. The first-order valence-electron chi connectivity index (χ1n) is 7.69. The number of rotatable bonds is 7. The molecular formula is C19H17NO4S. The van der Waals surface area contributed by atoms with E-state index in [-0.39, 0.29) is 18.1 Å². The van der Waals surface area contributed by atoms with Gasteiger partial charge in [0.2, 0.25) is 5.78 Å². The van der Waals surface area contributed by atoms with E-state index in [1.54, 1.807) is 35.3 Å². The first kappa shape index (κ1) is 17.1. The van der Waals surface area contributed by atoms with Crippen LogP contribution >= 0.6 is 11.5 Å². The van der Waals surface area contributed by atoms with Crippen LogP contribution in [0.25, 0.3) is 0 Å². The second-order valence-electron chi connectivity index (χ2n) is 5.37. The lowest BCUT2D eigenvalue weighted by Gasteiger charge is -2.07. The minimum absolute atomic E-state index is 0.140. The quantitative estimate of drug-likeness (QED) is 0.482. The van der Waals surface area contributed by atoms with Gasteiger partial charge in [0.25, 0.3) is 5.56 Å². The number of carbonyl (C=O) groups excluding carboxylic acids is 1. The van der Waals surface area contributed by atoms with Gasteiger partial charge in [0.05, 0.1) is 11.4 Å². The Morgan fingerprint density at radius 2 is 1.88 bits per heavy atom. The molecule has 1 heterocycles. The van der Waals surface area contributed by atoms with Gasteiger partial charge in [-0.1, -0.05) is 54.0 Å². The van der Waals surface area contributed by atoms with Gasteiger partial charge in [0.1, 0.15) is 5.75 Å². The normalized spacial score (nSPS) is 10.6. The summed E-state index contributed by atoms with van der Waals surface area (Å²) in [6, 6.07) is 17.8. The van der Waals surface area contributed by atoms with Crippen LogP contribution in [0.15, 0.2) is 65.5 Å². The van der Waals surface area contributed by atoms with Gasteiger partial charge < -0.3 is 9.47 Å². The van der Waals surface area contributed by atoms with E-state index >= 15 is 0 Å². The minimum Gasteiger partial charge on any atom is -0.468 e. The van der Waals surface area contributed by atoms with Crippen molar-refractivity contribution in [2.45, 2.75) is 6.54 Å². The summed E-state index contributed by atoms with van der Waals surface area (Å²) in [7, 11) is 1.56. The SMILES string of the molecule is COCOc1cccc(Cn2sc(C(=O)c3ccccc3)cc2=O)c1. The van der Waals surface area contributed by atoms with E-state index in [4.69, 9.17) is 9.47 Å². The maximum atomic E-state index is 12.5. The van der Waals surface area contributed by atoms with Crippen LogP contribution in [-0.4, -0.2) is 23.6 Å². The summed E-state index contributed by atoms with van der Waals surface area (Å²) in [5, 5.41) is 0. The first-order chi connectivity index (χ1) is 12.2. The van der Waals surface area contributed by atoms with Gasteiger partial charge in [0, 0.05) is 18.7 Å². The van der Waals surface area contributed by atoms with Crippen molar-refractivity contribution in [2.75, 3.05) is 13.9 Å². The number of methoxy groups -OCH3 is 1. The molecule has 0 fully saturated rings. The van der Waals surface area contributed by atoms with Crippen molar-refractivity contribution in [3.05, 3.63) is 87.0 Å². The second kappa shape index (κ2) is 7.92. The summed E-state index contributed by atoms with van der Waals surface area (Å²) in [4.78, 5) is 25.1. The summed E-state index contributed by atoms with van der Waals surface area (Å²) >= 11 is 1.17. The fourth-order valence-corrected chi connectivity index (χ4v) is 3.30. The molecule has 0 N–H and O–H groups in total. The Morgan fingerprint density at radius 1 is 1.08 bits per heavy atom. The van der Waals surface area contributed by atoms with E-state index in [0.717, 1.165) is 5.56 Å². The summed E-state index contributed by atoms with van der Waals surface area (Å²) in [5.74, 6) is 0.531. The Labute approximate surface area is 149 Å². The van der Waals surface area contributed by atoms with Gasteiger partial charge >= 0.3 is 0 Å². The van der Waals surface area contributed by atoms with E-state index in [2.05, 4.69) is 0 Å². The van der Waals surface area contributed by atoms with Gasteiger partial charge in [-0.3, -0.25) is 13.5 Å². The maximum Gasteiger partial charge on any atom is 0.261 e. The van der Waals surface area contributed by atoms with Crippen molar-refractivity contribution in [2.24, 2.45) is 0 Å². The molecule has 0 bridgehead atoms. The van der Waals surface area contributed by atoms with Crippen LogP contribution in [0.5, 0.6) is 5.75 Å². The number of ketones is 1. The molecule has 0 aliphatic rings. The van der Waals surface area contributed by atoms with Gasteiger partial charge in [-0.15, -0.1) is 0 Å². The zero-order chi connectivity index (χ0) is 17.6. The van der Waals surface area contributed by atoms with Gasteiger partial charge in [-0.2, -0.15) is 0 Å². The molecule has 0 atom stereocenters. The molecule has 6 heteroatoms. The molecule has 0 aliphatic heterocycles.